The number of hydrogen-bond acceptors (Lipinski definition) is 3. The lowest BCUT2D eigenvalue weighted by molar-refractivity contribution is 0.104. The van der Waals surface area contributed by atoms with Crippen LogP contribution in [-0.4, -0.2) is 54.3 Å². The summed E-state index contributed by atoms with van der Waals surface area (Å²) in [5.74, 6) is 1.69. The number of hydrogen-bond donors (Lipinski definition) is 1. The van der Waals surface area contributed by atoms with Gasteiger partial charge in [-0.25, -0.2) is 4.79 Å². The van der Waals surface area contributed by atoms with Crippen LogP contribution in [0.15, 0.2) is 0 Å². The first kappa shape index (κ1) is 15.0. The van der Waals surface area contributed by atoms with Gasteiger partial charge in [0.1, 0.15) is 0 Å². The first-order valence-electron chi connectivity index (χ1n) is 7.43. The van der Waals surface area contributed by atoms with Gasteiger partial charge in [0.05, 0.1) is 6.10 Å². The number of rotatable bonds is 4. The number of ether oxygens (including phenoxy) is 1. The Bertz CT molecular complexity index is 293. The van der Waals surface area contributed by atoms with Gasteiger partial charge in [-0.15, -0.1) is 0 Å². The van der Waals surface area contributed by atoms with E-state index in [0.717, 1.165) is 51.3 Å². The van der Waals surface area contributed by atoms with E-state index in [9.17, 15) is 4.79 Å². The summed E-state index contributed by atoms with van der Waals surface area (Å²) in [5, 5.41) is 3.62. The summed E-state index contributed by atoms with van der Waals surface area (Å²) in [4.78, 5) is 14.1. The summed E-state index contributed by atoms with van der Waals surface area (Å²) in [6.45, 7) is 7.85. The fourth-order valence-electron chi connectivity index (χ4n) is 2.59. The standard InChI is InChI=1S/C14H26N2O2S/c1-11(2)13-10-16(7-9-19-13)14(17)15-6-5-12-4-3-8-18-12/h11-13H,3-10H2,1-2H3,(H,15,17)/t12-,13-/m0/s1. The Morgan fingerprint density at radius 1 is 1.53 bits per heavy atom. The number of carbonyl (C=O) groups excluding carboxylic acids is 1. The molecule has 2 amide bonds. The normalized spacial score (nSPS) is 27.8. The molecule has 0 spiro atoms. The van der Waals surface area contributed by atoms with Crippen LogP contribution in [0.4, 0.5) is 4.79 Å². The molecule has 2 heterocycles. The van der Waals surface area contributed by atoms with Crippen LogP contribution in [0.5, 0.6) is 0 Å². The summed E-state index contributed by atoms with van der Waals surface area (Å²) >= 11 is 2.00. The van der Waals surface area contributed by atoms with E-state index in [1.165, 1.54) is 0 Å². The maximum Gasteiger partial charge on any atom is 0.317 e. The van der Waals surface area contributed by atoms with E-state index in [1.54, 1.807) is 0 Å². The minimum absolute atomic E-state index is 0.101. The second-order valence-electron chi connectivity index (χ2n) is 5.75. The summed E-state index contributed by atoms with van der Waals surface area (Å²) in [5.41, 5.74) is 0. The van der Waals surface area contributed by atoms with Gasteiger partial charge in [-0.3, -0.25) is 0 Å². The predicted octanol–water partition coefficient (Wildman–Crippen LogP) is 2.34. The van der Waals surface area contributed by atoms with Crippen LogP contribution in [0, 0.1) is 5.92 Å². The monoisotopic (exact) mass is 286 g/mol. The third-order valence-corrected chi connectivity index (χ3v) is 5.43. The number of amides is 2. The topological polar surface area (TPSA) is 41.6 Å². The molecule has 19 heavy (non-hydrogen) atoms. The third-order valence-electron chi connectivity index (χ3n) is 3.89. The Balaban J connectivity index is 1.67. The van der Waals surface area contributed by atoms with Crippen LogP contribution in [-0.2, 0) is 4.74 Å². The summed E-state index contributed by atoms with van der Waals surface area (Å²) < 4.78 is 5.56. The fourth-order valence-corrected chi connectivity index (χ4v) is 3.89. The van der Waals surface area contributed by atoms with Gasteiger partial charge in [0.15, 0.2) is 0 Å². The van der Waals surface area contributed by atoms with Crippen LogP contribution >= 0.6 is 11.8 Å². The number of thioether (sulfide) groups is 1. The van der Waals surface area contributed by atoms with Gasteiger partial charge in [0.2, 0.25) is 0 Å². The molecule has 0 aromatic rings. The zero-order valence-electron chi connectivity index (χ0n) is 12.1. The Morgan fingerprint density at radius 3 is 3.05 bits per heavy atom. The summed E-state index contributed by atoms with van der Waals surface area (Å²) in [7, 11) is 0. The summed E-state index contributed by atoms with van der Waals surface area (Å²) in [6.07, 6.45) is 3.62. The van der Waals surface area contributed by atoms with Gasteiger partial charge >= 0.3 is 6.03 Å². The van der Waals surface area contributed by atoms with Crippen molar-refractivity contribution in [1.29, 1.82) is 0 Å². The van der Waals surface area contributed by atoms with Crippen molar-refractivity contribution in [3.63, 3.8) is 0 Å². The number of carbonyl (C=O) groups is 1. The Morgan fingerprint density at radius 2 is 2.37 bits per heavy atom. The third kappa shape index (κ3) is 4.56. The van der Waals surface area contributed by atoms with Gasteiger partial charge in [0, 0.05) is 37.2 Å². The van der Waals surface area contributed by atoms with Gasteiger partial charge in [-0.2, -0.15) is 11.8 Å². The molecule has 0 radical (unpaired) electrons. The van der Waals surface area contributed by atoms with Crippen molar-refractivity contribution < 1.29 is 9.53 Å². The van der Waals surface area contributed by atoms with Crippen molar-refractivity contribution in [1.82, 2.24) is 10.2 Å². The molecule has 110 valence electrons. The second-order valence-corrected chi connectivity index (χ2v) is 7.10. The molecule has 0 saturated carbocycles. The Hall–Kier alpha value is -0.420. The second kappa shape index (κ2) is 7.39. The van der Waals surface area contributed by atoms with E-state index in [2.05, 4.69) is 19.2 Å². The maximum atomic E-state index is 12.1. The van der Waals surface area contributed by atoms with E-state index < -0.39 is 0 Å². The lowest BCUT2D eigenvalue weighted by Gasteiger charge is -2.34. The van der Waals surface area contributed by atoms with E-state index in [-0.39, 0.29) is 6.03 Å². The van der Waals surface area contributed by atoms with Gasteiger partial charge in [-0.05, 0) is 25.2 Å². The zero-order valence-corrected chi connectivity index (χ0v) is 12.9. The highest BCUT2D eigenvalue weighted by Gasteiger charge is 2.26. The fraction of sp³-hybridized carbons (Fsp3) is 0.929. The van der Waals surface area contributed by atoms with E-state index in [0.29, 0.717) is 17.3 Å². The quantitative estimate of drug-likeness (QED) is 0.862. The molecule has 2 aliphatic rings. The largest absolute Gasteiger partial charge is 0.378 e. The van der Waals surface area contributed by atoms with Crippen LogP contribution in [0.25, 0.3) is 0 Å². The highest BCUT2D eigenvalue weighted by Crippen LogP contribution is 2.24. The molecule has 2 saturated heterocycles. The molecule has 2 rings (SSSR count). The molecular weight excluding hydrogens is 260 g/mol. The highest BCUT2D eigenvalue weighted by molar-refractivity contribution is 8.00. The first-order valence-corrected chi connectivity index (χ1v) is 8.47. The van der Waals surface area contributed by atoms with Crippen LogP contribution in [0.3, 0.4) is 0 Å². The molecule has 0 bridgehead atoms. The van der Waals surface area contributed by atoms with Crippen molar-refractivity contribution in [3.8, 4) is 0 Å². The molecule has 0 aromatic carbocycles. The average Bonchev–Trinajstić information content (AvgIpc) is 2.92. The van der Waals surface area contributed by atoms with E-state index in [1.807, 2.05) is 16.7 Å². The Kier molecular flexibility index (Phi) is 5.82. The lowest BCUT2D eigenvalue weighted by atomic mass is 10.1. The molecule has 0 unspecified atom stereocenters. The van der Waals surface area contributed by atoms with Crippen molar-refractivity contribution in [2.24, 2.45) is 5.92 Å². The van der Waals surface area contributed by atoms with Crippen LogP contribution in [0.1, 0.15) is 33.1 Å². The SMILES string of the molecule is CC(C)[C@@H]1CN(C(=O)NCC[C@@H]2CCCO2)CCS1. The number of nitrogens with zero attached hydrogens (tertiary/aromatic N) is 1. The molecule has 0 aliphatic carbocycles. The molecular formula is C14H26N2O2S. The molecule has 1 N–H and O–H groups in total. The van der Waals surface area contributed by atoms with Crippen LogP contribution < -0.4 is 5.32 Å². The van der Waals surface area contributed by atoms with Gasteiger partial charge in [-0.1, -0.05) is 13.8 Å². The zero-order chi connectivity index (χ0) is 13.7. The van der Waals surface area contributed by atoms with Crippen molar-refractivity contribution in [2.45, 2.75) is 44.5 Å². The lowest BCUT2D eigenvalue weighted by Crippen LogP contribution is -2.48. The average molecular weight is 286 g/mol. The minimum Gasteiger partial charge on any atom is -0.378 e. The minimum atomic E-state index is 0.101. The molecule has 2 atom stereocenters. The molecule has 2 fully saturated rings. The van der Waals surface area contributed by atoms with E-state index in [4.69, 9.17) is 4.74 Å². The first-order chi connectivity index (χ1) is 9.16. The van der Waals surface area contributed by atoms with Crippen molar-refractivity contribution in [2.75, 3.05) is 32.0 Å². The molecule has 5 heteroatoms. The molecule has 4 nitrogen and oxygen atoms in total. The van der Waals surface area contributed by atoms with Gasteiger partial charge in [0.25, 0.3) is 0 Å². The maximum absolute atomic E-state index is 12.1. The number of urea groups is 1. The van der Waals surface area contributed by atoms with Crippen molar-refractivity contribution >= 4 is 17.8 Å². The van der Waals surface area contributed by atoms with Crippen molar-refractivity contribution in [3.05, 3.63) is 0 Å². The summed E-state index contributed by atoms with van der Waals surface area (Å²) in [6, 6.07) is 0.101. The highest BCUT2D eigenvalue weighted by atomic mass is 32.2. The smallest absolute Gasteiger partial charge is 0.317 e. The van der Waals surface area contributed by atoms with E-state index >= 15 is 0 Å². The number of nitrogens with one attached hydrogen (secondary N) is 1. The Labute approximate surface area is 120 Å². The molecule has 2 aliphatic heterocycles. The molecule has 0 aromatic heterocycles. The predicted molar refractivity (Wildman–Crippen MR) is 79.6 cm³/mol. The van der Waals surface area contributed by atoms with Crippen LogP contribution in [0.2, 0.25) is 0 Å². The van der Waals surface area contributed by atoms with Gasteiger partial charge < -0.3 is 15.0 Å².